The first-order chi connectivity index (χ1) is 21.9. The topological polar surface area (TPSA) is 81.8 Å². The van der Waals surface area contributed by atoms with Crippen molar-refractivity contribution in [3.8, 4) is 11.1 Å². The Labute approximate surface area is 276 Å². The molecule has 4 aliphatic rings. The first-order valence-electron chi connectivity index (χ1n) is 16.8. The number of halogens is 1. The SMILES string of the molecule is NC(=S)c1cccc(-c2cn(C3CCOCC3)c3c(Cl)c(CNC(=O)C4CC5(CCN(CCOC6CCC6)CC5)C4)ccc23)c1. The molecule has 3 aromatic rings. The number of rotatable bonds is 10. The number of thiocarbonyl (C=S) groups is 1. The van der Waals surface area contributed by atoms with Crippen LogP contribution in [0.5, 0.6) is 0 Å². The van der Waals surface area contributed by atoms with Gasteiger partial charge in [0.05, 0.1) is 23.3 Å². The molecule has 2 aliphatic carbocycles. The van der Waals surface area contributed by atoms with Crippen LogP contribution in [-0.2, 0) is 20.8 Å². The van der Waals surface area contributed by atoms with Crippen LogP contribution in [0.4, 0.5) is 0 Å². The lowest BCUT2D eigenvalue weighted by Gasteiger charge is -2.51. The third-order valence-corrected chi connectivity index (χ3v) is 11.6. The molecule has 0 unspecified atom stereocenters. The molecule has 1 amide bonds. The Kier molecular flexibility index (Phi) is 9.21. The van der Waals surface area contributed by atoms with Gasteiger partial charge in [0.2, 0.25) is 5.91 Å². The lowest BCUT2D eigenvalue weighted by atomic mass is 9.57. The van der Waals surface area contributed by atoms with Crippen molar-refractivity contribution in [2.24, 2.45) is 17.1 Å². The molecule has 2 aromatic carbocycles. The van der Waals surface area contributed by atoms with Gasteiger partial charge < -0.3 is 30.0 Å². The molecule has 4 fully saturated rings. The molecule has 0 radical (unpaired) electrons. The summed E-state index contributed by atoms with van der Waals surface area (Å²) in [5.74, 6) is 0.253. The Hall–Kier alpha value is -2.49. The number of nitrogens with one attached hydrogen (secondary N) is 1. The summed E-state index contributed by atoms with van der Waals surface area (Å²) in [6.45, 7) is 6.03. The number of likely N-dealkylation sites (tertiary alicyclic amines) is 1. The van der Waals surface area contributed by atoms with Crippen molar-refractivity contribution in [1.29, 1.82) is 0 Å². The van der Waals surface area contributed by atoms with E-state index in [0.29, 0.717) is 34.1 Å². The minimum absolute atomic E-state index is 0.0969. The highest BCUT2D eigenvalue weighted by Gasteiger charge is 2.48. The van der Waals surface area contributed by atoms with E-state index < -0.39 is 0 Å². The molecule has 7 nitrogen and oxygen atoms in total. The first kappa shape index (κ1) is 31.1. The second kappa shape index (κ2) is 13.3. The second-order valence-corrected chi connectivity index (χ2v) is 14.6. The summed E-state index contributed by atoms with van der Waals surface area (Å²) < 4.78 is 14.0. The maximum absolute atomic E-state index is 13.3. The first-order valence-corrected chi connectivity index (χ1v) is 17.6. The summed E-state index contributed by atoms with van der Waals surface area (Å²) >= 11 is 12.5. The van der Waals surface area contributed by atoms with Gasteiger partial charge >= 0.3 is 0 Å². The fourth-order valence-corrected chi connectivity index (χ4v) is 8.31. The molecule has 0 atom stereocenters. The fourth-order valence-electron chi connectivity index (χ4n) is 7.85. The Morgan fingerprint density at radius 2 is 1.89 bits per heavy atom. The number of benzene rings is 2. The molecule has 3 heterocycles. The molecule has 1 aromatic heterocycles. The highest BCUT2D eigenvalue weighted by molar-refractivity contribution is 7.80. The standard InChI is InChI=1S/C36H45ClN4O3S/c37-32-26(22-39-35(42)27-20-36(21-27)11-13-40(14-12-36)15-18-44-29-5-2-6-29)7-8-30-31(24-3-1-4-25(19-24)34(38)45)23-41(33(30)32)28-9-16-43-17-10-28/h1,3-4,7-8,19,23,27-29H,2,5-6,9-18,20-22H2,(H2,38,45)(H,39,42). The zero-order valence-electron chi connectivity index (χ0n) is 26.1. The van der Waals surface area contributed by atoms with Crippen LogP contribution >= 0.6 is 23.8 Å². The lowest BCUT2D eigenvalue weighted by molar-refractivity contribution is -0.135. The van der Waals surface area contributed by atoms with Gasteiger partial charge in [-0.1, -0.05) is 54.2 Å². The maximum Gasteiger partial charge on any atom is 0.223 e. The van der Waals surface area contributed by atoms with Gasteiger partial charge in [-0.15, -0.1) is 0 Å². The largest absolute Gasteiger partial charge is 0.389 e. The van der Waals surface area contributed by atoms with Crippen LogP contribution in [0.25, 0.3) is 22.0 Å². The second-order valence-electron chi connectivity index (χ2n) is 13.8. The van der Waals surface area contributed by atoms with Crippen molar-refractivity contribution >= 4 is 45.6 Å². The summed E-state index contributed by atoms with van der Waals surface area (Å²) in [4.78, 5) is 16.2. The van der Waals surface area contributed by atoms with Gasteiger partial charge in [0.25, 0.3) is 0 Å². The Balaban J connectivity index is 1.01. The third-order valence-electron chi connectivity index (χ3n) is 11.0. The Morgan fingerprint density at radius 3 is 2.60 bits per heavy atom. The molecule has 0 bridgehead atoms. The summed E-state index contributed by atoms with van der Waals surface area (Å²) in [6, 6.07) is 12.6. The lowest BCUT2D eigenvalue weighted by Crippen LogP contribution is -2.51. The highest BCUT2D eigenvalue weighted by atomic mass is 35.5. The summed E-state index contributed by atoms with van der Waals surface area (Å²) in [7, 11) is 0. The summed E-state index contributed by atoms with van der Waals surface area (Å²) in [5, 5.41) is 5.03. The van der Waals surface area contributed by atoms with E-state index in [-0.39, 0.29) is 11.8 Å². The smallest absolute Gasteiger partial charge is 0.223 e. The Morgan fingerprint density at radius 1 is 1.11 bits per heavy atom. The van der Waals surface area contributed by atoms with E-state index in [1.807, 2.05) is 18.2 Å². The minimum atomic E-state index is 0.0969. The van der Waals surface area contributed by atoms with Gasteiger partial charge in [-0.2, -0.15) is 0 Å². The van der Waals surface area contributed by atoms with Crippen LogP contribution in [0, 0.1) is 11.3 Å². The fraction of sp³-hybridized carbons (Fsp3) is 0.556. The van der Waals surface area contributed by atoms with Crippen molar-refractivity contribution in [2.75, 3.05) is 39.5 Å². The molecular weight excluding hydrogens is 604 g/mol. The maximum atomic E-state index is 13.3. The highest BCUT2D eigenvalue weighted by Crippen LogP contribution is 2.52. The summed E-state index contributed by atoms with van der Waals surface area (Å²) in [6.07, 6.45) is 12.8. The van der Waals surface area contributed by atoms with Gasteiger partial charge in [-0.3, -0.25) is 4.79 Å². The van der Waals surface area contributed by atoms with E-state index in [1.54, 1.807) is 0 Å². The number of nitrogens with zero attached hydrogens (tertiary/aromatic N) is 2. The van der Waals surface area contributed by atoms with Crippen LogP contribution in [0.3, 0.4) is 0 Å². The van der Waals surface area contributed by atoms with Crippen LogP contribution in [0.1, 0.15) is 75.0 Å². The number of piperidine rings is 1. The zero-order valence-corrected chi connectivity index (χ0v) is 27.6. The van der Waals surface area contributed by atoms with E-state index in [4.69, 9.17) is 39.0 Å². The predicted octanol–water partition coefficient (Wildman–Crippen LogP) is 6.62. The molecule has 7 rings (SSSR count). The van der Waals surface area contributed by atoms with Gasteiger partial charge in [0.1, 0.15) is 4.99 Å². The third kappa shape index (κ3) is 6.54. The molecule has 45 heavy (non-hydrogen) atoms. The average Bonchev–Trinajstić information content (AvgIpc) is 3.42. The number of amides is 1. The van der Waals surface area contributed by atoms with Crippen LogP contribution in [-0.4, -0.2) is 65.9 Å². The molecule has 1 spiro atoms. The minimum Gasteiger partial charge on any atom is -0.389 e. The predicted molar refractivity (Wildman–Crippen MR) is 184 cm³/mol. The number of hydrogen-bond donors (Lipinski definition) is 2. The van der Waals surface area contributed by atoms with Crippen molar-refractivity contribution in [3.63, 3.8) is 0 Å². The molecule has 9 heteroatoms. The van der Waals surface area contributed by atoms with E-state index in [1.165, 1.54) is 32.1 Å². The van der Waals surface area contributed by atoms with Crippen LogP contribution in [0.2, 0.25) is 5.02 Å². The number of aromatic nitrogens is 1. The molecule has 3 N–H and O–H groups in total. The number of fused-ring (bicyclic) bond motifs is 1. The molecule has 2 saturated heterocycles. The Bertz CT molecular complexity index is 1550. The van der Waals surface area contributed by atoms with Gasteiger partial charge in [0, 0.05) is 61.0 Å². The van der Waals surface area contributed by atoms with E-state index >= 15 is 0 Å². The molecule has 2 saturated carbocycles. The number of ether oxygens (including phenoxy) is 2. The quantitative estimate of drug-likeness (QED) is 0.240. The summed E-state index contributed by atoms with van der Waals surface area (Å²) in [5.41, 5.74) is 11.3. The number of hydrogen-bond acceptors (Lipinski definition) is 5. The molecule has 2 aliphatic heterocycles. The van der Waals surface area contributed by atoms with Crippen LogP contribution in [0.15, 0.2) is 42.6 Å². The molecule has 240 valence electrons. The van der Waals surface area contributed by atoms with Gasteiger partial charge in [-0.05, 0) is 93.5 Å². The van der Waals surface area contributed by atoms with Crippen molar-refractivity contribution in [3.05, 3.63) is 58.7 Å². The van der Waals surface area contributed by atoms with E-state index in [2.05, 4.69) is 39.2 Å². The normalized spacial score (nSPS) is 21.1. The van der Waals surface area contributed by atoms with Crippen molar-refractivity contribution in [2.45, 2.75) is 76.5 Å². The van der Waals surface area contributed by atoms with Crippen molar-refractivity contribution < 1.29 is 14.3 Å². The van der Waals surface area contributed by atoms with Crippen molar-refractivity contribution in [1.82, 2.24) is 14.8 Å². The molecular formula is C36H45ClN4O3S. The zero-order chi connectivity index (χ0) is 31.0. The van der Waals surface area contributed by atoms with Gasteiger partial charge in [-0.25, -0.2) is 0 Å². The number of carbonyl (C=O) groups is 1. The average molecular weight is 649 g/mol. The number of nitrogens with two attached hydrogens (primary N) is 1. The number of carbonyl (C=O) groups excluding carboxylic acids is 1. The monoisotopic (exact) mass is 648 g/mol. The van der Waals surface area contributed by atoms with Crippen LogP contribution < -0.4 is 11.1 Å². The van der Waals surface area contributed by atoms with Gasteiger partial charge in [0.15, 0.2) is 0 Å². The van der Waals surface area contributed by atoms with E-state index in [9.17, 15) is 4.79 Å². The van der Waals surface area contributed by atoms with E-state index in [0.717, 1.165) is 98.3 Å².